The van der Waals surface area contributed by atoms with Crippen molar-refractivity contribution in [1.29, 1.82) is 0 Å². The molecule has 288 valence electrons. The first-order valence-corrected chi connectivity index (χ1v) is 21.8. The molecule has 0 aromatic rings. The van der Waals surface area contributed by atoms with Gasteiger partial charge in [-0.25, -0.2) is 0 Å². The number of hydrogen-bond acceptors (Lipinski definition) is 0. The fraction of sp³-hybridized carbons (Fsp3) is 1.00. The third-order valence-electron chi connectivity index (χ3n) is 3.97. The van der Waals surface area contributed by atoms with Gasteiger partial charge in [-0.1, -0.05) is 298 Å². The Labute approximate surface area is 297 Å². The Morgan fingerprint density at radius 1 is 0.200 bits per heavy atom. The summed E-state index contributed by atoms with van der Waals surface area (Å²) in [6, 6.07) is 0. The van der Waals surface area contributed by atoms with Gasteiger partial charge in [-0.2, -0.15) is 0 Å². The van der Waals surface area contributed by atoms with Crippen molar-refractivity contribution in [2.24, 2.45) is 0 Å². The minimum absolute atomic E-state index is 1.25. The molecule has 0 radical (unpaired) electrons. The summed E-state index contributed by atoms with van der Waals surface area (Å²) in [7, 11) is 0. The summed E-state index contributed by atoms with van der Waals surface area (Å²) in [5, 5.41) is 0. The predicted molar refractivity (Wildman–Crippen MR) is 227 cm³/mol. The lowest BCUT2D eigenvalue weighted by Crippen LogP contribution is -1.66. The van der Waals surface area contributed by atoms with Crippen LogP contribution in [-0.4, -0.2) is 0 Å². The molecule has 0 heterocycles. The highest BCUT2D eigenvalue weighted by Crippen LogP contribution is 2.16. The molecule has 0 heteroatoms. The van der Waals surface area contributed by atoms with Crippen molar-refractivity contribution in [3.63, 3.8) is 0 Å². The molecular weight excluding hydrogens is 540 g/mol. The zero-order valence-electron chi connectivity index (χ0n) is 37.1. The van der Waals surface area contributed by atoms with Gasteiger partial charge in [-0.15, -0.1) is 0 Å². The second-order valence-electron chi connectivity index (χ2n) is 12.3. The topological polar surface area (TPSA) is 0 Å². The highest BCUT2D eigenvalue weighted by Gasteiger charge is 1.96. The summed E-state index contributed by atoms with van der Waals surface area (Å²) in [6.07, 6.45) is 38.1. The molecule has 4 rings (SSSR count). The Morgan fingerprint density at radius 2 is 0.289 bits per heavy atom. The molecular formula is C45H108. The van der Waals surface area contributed by atoms with Crippen molar-refractivity contribution in [2.75, 3.05) is 0 Å². The Balaban J connectivity index is -0.0000000451. The summed E-state index contributed by atoms with van der Waals surface area (Å²) in [6.45, 7) is 38.4. The van der Waals surface area contributed by atoms with E-state index in [1.54, 1.807) is 0 Å². The molecule has 45 heavy (non-hydrogen) atoms. The van der Waals surface area contributed by atoms with Gasteiger partial charge in [-0.3, -0.25) is 0 Å². The van der Waals surface area contributed by atoms with Crippen LogP contribution in [0.5, 0.6) is 0 Å². The number of hydrogen-bond donors (Lipinski definition) is 0. The van der Waals surface area contributed by atoms with Crippen molar-refractivity contribution in [1.82, 2.24) is 0 Å². The zero-order chi connectivity index (χ0) is 37.1. The Morgan fingerprint density at radius 3 is 0.333 bits per heavy atom. The van der Waals surface area contributed by atoms with Crippen LogP contribution in [0.2, 0.25) is 0 Å². The van der Waals surface area contributed by atoms with Gasteiger partial charge in [0.25, 0.3) is 0 Å². The predicted octanol–water partition coefficient (Wildman–Crippen LogP) is 19.8. The summed E-state index contributed by atoms with van der Waals surface area (Å²) >= 11 is 0. The zero-order valence-corrected chi connectivity index (χ0v) is 37.1. The standard InChI is InChI=1S/C6H14.C5H10.C5H12.3C3H6.6C3H8.C2H6/c1-3-5-6-4-2;1-2-4-5-3-1;1-3-5-4-2;3*1-2-3-1;6*1-3-2;1-2/h3-6H2,1-2H3;1-5H2;3-5H2,1-2H3;3*1-3H2;6*3H2,1-2H3;1-2H3. The van der Waals surface area contributed by atoms with Crippen molar-refractivity contribution in [3.8, 4) is 0 Å². The SMILES string of the molecule is C1CC1.C1CC1.C1CC1.C1CCCC1.CC.CCC.CCC.CCC.CCC.CCC.CCC.CCCCC.CCCCCC. The summed E-state index contributed by atoms with van der Waals surface area (Å²) in [4.78, 5) is 0. The molecule has 4 saturated carbocycles. The van der Waals surface area contributed by atoms with Crippen LogP contribution in [0.15, 0.2) is 0 Å². The van der Waals surface area contributed by atoms with E-state index in [1.807, 2.05) is 13.8 Å². The molecule has 0 unspecified atom stereocenters. The molecule has 0 aliphatic heterocycles. The Kier molecular flexibility index (Phi) is 167. The van der Waals surface area contributed by atoms with Crippen LogP contribution in [0, 0.1) is 0 Å². The highest BCUT2D eigenvalue weighted by molar-refractivity contribution is 4.52. The van der Waals surface area contributed by atoms with Gasteiger partial charge in [0.1, 0.15) is 0 Å². The third kappa shape index (κ3) is 459. The monoisotopic (exact) mass is 649 g/mol. The van der Waals surface area contributed by atoms with Crippen molar-refractivity contribution < 1.29 is 0 Å². The number of rotatable bonds is 5. The van der Waals surface area contributed by atoms with E-state index >= 15 is 0 Å². The third-order valence-corrected chi connectivity index (χ3v) is 3.97. The largest absolute Gasteiger partial charge is 0.0683 e. The van der Waals surface area contributed by atoms with E-state index < -0.39 is 0 Å². The maximum atomic E-state index is 2.23. The second kappa shape index (κ2) is 112. The van der Waals surface area contributed by atoms with Gasteiger partial charge in [0.05, 0.1) is 0 Å². The molecule has 0 N–H and O–H groups in total. The van der Waals surface area contributed by atoms with Crippen LogP contribution in [0.1, 0.15) is 298 Å². The molecule has 0 amide bonds. The van der Waals surface area contributed by atoms with Crippen LogP contribution < -0.4 is 0 Å². The van der Waals surface area contributed by atoms with Crippen molar-refractivity contribution in [3.05, 3.63) is 0 Å². The highest BCUT2D eigenvalue weighted by atomic mass is 14.0. The first kappa shape index (κ1) is 67.2. The van der Waals surface area contributed by atoms with Crippen LogP contribution in [0.25, 0.3) is 0 Å². The fourth-order valence-electron chi connectivity index (χ4n) is 1.74. The normalized spacial score (nSPS) is 12.1. The van der Waals surface area contributed by atoms with Gasteiger partial charge in [0.2, 0.25) is 0 Å². The molecule has 0 bridgehead atoms. The fourth-order valence-corrected chi connectivity index (χ4v) is 1.74. The first-order valence-electron chi connectivity index (χ1n) is 21.8. The van der Waals surface area contributed by atoms with Crippen LogP contribution in [-0.2, 0) is 0 Å². The van der Waals surface area contributed by atoms with Gasteiger partial charge in [0, 0.05) is 0 Å². The molecule has 4 fully saturated rings. The average Bonchev–Trinajstić information content (AvgIpc) is 3.86. The van der Waals surface area contributed by atoms with Crippen molar-refractivity contribution >= 4 is 0 Å². The van der Waals surface area contributed by atoms with Gasteiger partial charge < -0.3 is 0 Å². The minimum atomic E-state index is 1.25. The van der Waals surface area contributed by atoms with Crippen LogP contribution in [0.3, 0.4) is 0 Å². The van der Waals surface area contributed by atoms with Crippen LogP contribution in [0.4, 0.5) is 0 Å². The van der Waals surface area contributed by atoms with Gasteiger partial charge >= 0.3 is 0 Å². The van der Waals surface area contributed by atoms with Gasteiger partial charge in [-0.05, 0) is 0 Å². The minimum Gasteiger partial charge on any atom is -0.0683 e. The van der Waals surface area contributed by atoms with Crippen LogP contribution >= 0.6 is 0 Å². The molecule has 0 saturated heterocycles. The van der Waals surface area contributed by atoms with Gasteiger partial charge in [0.15, 0.2) is 0 Å². The van der Waals surface area contributed by atoms with E-state index in [0.717, 1.165) is 0 Å². The Hall–Kier alpha value is 0. The van der Waals surface area contributed by atoms with E-state index in [1.165, 1.54) is 173 Å². The molecule has 4 aliphatic carbocycles. The molecule has 0 nitrogen and oxygen atoms in total. The summed E-state index contributed by atoms with van der Waals surface area (Å²) in [5.74, 6) is 0. The maximum absolute atomic E-state index is 2.23. The quantitative estimate of drug-likeness (QED) is 0.260. The lowest BCUT2D eigenvalue weighted by Gasteiger charge is -1.86. The van der Waals surface area contributed by atoms with E-state index in [0.29, 0.717) is 0 Å². The smallest absolute Gasteiger partial charge is 0.0533 e. The van der Waals surface area contributed by atoms with E-state index in [4.69, 9.17) is 0 Å². The van der Waals surface area contributed by atoms with Crippen molar-refractivity contribution in [2.45, 2.75) is 298 Å². The Bertz CT molecular complexity index is 195. The summed E-state index contributed by atoms with van der Waals surface area (Å²) in [5.41, 5.74) is 0. The summed E-state index contributed by atoms with van der Waals surface area (Å²) < 4.78 is 0. The lowest BCUT2D eigenvalue weighted by atomic mass is 10.2. The maximum Gasteiger partial charge on any atom is -0.0533 e. The van der Waals surface area contributed by atoms with E-state index in [-0.39, 0.29) is 0 Å². The molecule has 0 aromatic heterocycles. The number of unbranched alkanes of at least 4 members (excludes halogenated alkanes) is 5. The van der Waals surface area contributed by atoms with E-state index in [9.17, 15) is 0 Å². The average molecular weight is 649 g/mol. The first-order chi connectivity index (χ1) is 21.8. The molecule has 0 aromatic carbocycles. The molecule has 4 aliphatic rings. The lowest BCUT2D eigenvalue weighted by molar-refractivity contribution is 0.702. The molecule has 0 atom stereocenters. The second-order valence-corrected chi connectivity index (χ2v) is 12.3. The van der Waals surface area contributed by atoms with E-state index in [2.05, 4.69) is 111 Å². The molecule has 0 spiro atoms.